The minimum absolute atomic E-state index is 0.594. The summed E-state index contributed by atoms with van der Waals surface area (Å²) < 4.78 is 0. The van der Waals surface area contributed by atoms with Gasteiger partial charge in [0.25, 0.3) is 0 Å². The molecule has 3 heteroatoms. The molecule has 2 rings (SSSR count). The Hall–Kier alpha value is -1.04. The Bertz CT molecular complexity index is 478. The molecule has 1 aromatic carbocycles. The number of nitrogens with zero attached hydrogens (tertiary/aromatic N) is 1. The van der Waals surface area contributed by atoms with E-state index < -0.39 is 0 Å². The first-order valence-corrected chi connectivity index (χ1v) is 7.45. The zero-order chi connectivity index (χ0) is 13.8. The molecule has 19 heavy (non-hydrogen) atoms. The average Bonchev–Trinajstić information content (AvgIpc) is 2.78. The first-order valence-electron chi connectivity index (χ1n) is 7.07. The molecule has 3 atom stereocenters. The lowest BCUT2D eigenvalue weighted by Gasteiger charge is -2.21. The molecule has 1 N–H and O–H groups in total. The normalized spacial score (nSPS) is 26.3. The van der Waals surface area contributed by atoms with Gasteiger partial charge in [-0.3, -0.25) is 0 Å². The molecule has 3 unspecified atom stereocenters. The number of rotatable bonds is 4. The summed E-state index contributed by atoms with van der Waals surface area (Å²) in [4.78, 5) is 0. The summed E-state index contributed by atoms with van der Waals surface area (Å²) in [5.41, 5.74) is 1.70. The van der Waals surface area contributed by atoms with Crippen molar-refractivity contribution in [1.29, 1.82) is 5.26 Å². The van der Waals surface area contributed by atoms with Crippen molar-refractivity contribution in [2.45, 2.75) is 45.7 Å². The van der Waals surface area contributed by atoms with Crippen LogP contribution in [-0.2, 0) is 6.54 Å². The summed E-state index contributed by atoms with van der Waals surface area (Å²) in [6.07, 6.45) is 3.86. The minimum Gasteiger partial charge on any atom is -0.310 e. The zero-order valence-corrected chi connectivity index (χ0v) is 12.4. The van der Waals surface area contributed by atoms with Crippen LogP contribution < -0.4 is 5.32 Å². The van der Waals surface area contributed by atoms with E-state index in [-0.39, 0.29) is 0 Å². The third-order valence-corrected chi connectivity index (χ3v) is 4.84. The first kappa shape index (κ1) is 14.4. The maximum Gasteiger partial charge on any atom is 0.0992 e. The summed E-state index contributed by atoms with van der Waals surface area (Å²) in [6, 6.07) is 8.22. The van der Waals surface area contributed by atoms with Gasteiger partial charge in [-0.1, -0.05) is 37.9 Å². The fraction of sp³-hybridized carbons (Fsp3) is 0.562. The van der Waals surface area contributed by atoms with E-state index >= 15 is 0 Å². The summed E-state index contributed by atoms with van der Waals surface area (Å²) in [7, 11) is 0. The van der Waals surface area contributed by atoms with Gasteiger partial charge in [0.05, 0.1) is 11.6 Å². The Labute approximate surface area is 120 Å². The molecule has 0 bridgehead atoms. The predicted octanol–water partition coefficient (Wildman–Crippen LogP) is 4.13. The van der Waals surface area contributed by atoms with Crippen molar-refractivity contribution < 1.29 is 0 Å². The minimum atomic E-state index is 0.594. The van der Waals surface area contributed by atoms with Crippen molar-refractivity contribution in [2.75, 3.05) is 0 Å². The molecule has 2 nitrogen and oxygen atoms in total. The third kappa shape index (κ3) is 3.29. The van der Waals surface area contributed by atoms with Crippen LogP contribution in [0.2, 0.25) is 5.02 Å². The monoisotopic (exact) mass is 276 g/mol. The van der Waals surface area contributed by atoms with Crippen LogP contribution in [0.25, 0.3) is 0 Å². The molecule has 0 spiro atoms. The molecule has 0 aliphatic heterocycles. The van der Waals surface area contributed by atoms with E-state index in [0.29, 0.717) is 16.6 Å². The predicted molar refractivity (Wildman–Crippen MR) is 79.0 cm³/mol. The first-order chi connectivity index (χ1) is 9.15. The maximum atomic E-state index is 8.82. The van der Waals surface area contributed by atoms with Crippen molar-refractivity contribution in [3.63, 3.8) is 0 Å². The Morgan fingerprint density at radius 2 is 2.21 bits per heavy atom. The van der Waals surface area contributed by atoms with Gasteiger partial charge in [0.1, 0.15) is 0 Å². The summed E-state index contributed by atoms with van der Waals surface area (Å²) >= 11 is 6.19. The van der Waals surface area contributed by atoms with Gasteiger partial charge in [0.15, 0.2) is 0 Å². The molecule has 0 aromatic heterocycles. The van der Waals surface area contributed by atoms with Crippen LogP contribution in [0, 0.1) is 23.2 Å². The summed E-state index contributed by atoms with van der Waals surface area (Å²) in [5.74, 6) is 1.59. The lowest BCUT2D eigenvalue weighted by Crippen LogP contribution is -2.32. The van der Waals surface area contributed by atoms with Gasteiger partial charge in [-0.05, 0) is 42.4 Å². The standard InChI is InChI=1S/C16H21ClN2/c1-3-13-6-7-16(11(13)2)19-10-14-5-4-12(9-18)8-15(14)17/h4-5,8,11,13,16,19H,3,6-7,10H2,1-2H3. The molecule has 1 saturated carbocycles. The molecular weight excluding hydrogens is 256 g/mol. The van der Waals surface area contributed by atoms with E-state index in [9.17, 15) is 0 Å². The molecule has 1 aromatic rings. The van der Waals surface area contributed by atoms with E-state index in [1.165, 1.54) is 19.3 Å². The van der Waals surface area contributed by atoms with Gasteiger partial charge >= 0.3 is 0 Å². The lowest BCUT2D eigenvalue weighted by atomic mass is 9.93. The van der Waals surface area contributed by atoms with Gasteiger partial charge in [0, 0.05) is 17.6 Å². The molecular formula is C16H21ClN2. The molecule has 0 radical (unpaired) electrons. The number of nitrogens with one attached hydrogen (secondary N) is 1. The van der Waals surface area contributed by atoms with Crippen molar-refractivity contribution in [1.82, 2.24) is 5.32 Å². The maximum absolute atomic E-state index is 8.82. The second-order valence-corrected chi connectivity index (χ2v) is 5.92. The van der Waals surface area contributed by atoms with E-state index in [4.69, 9.17) is 16.9 Å². The zero-order valence-electron chi connectivity index (χ0n) is 11.6. The van der Waals surface area contributed by atoms with E-state index in [2.05, 4.69) is 25.2 Å². The van der Waals surface area contributed by atoms with Gasteiger partial charge in [0.2, 0.25) is 0 Å². The highest BCUT2D eigenvalue weighted by Gasteiger charge is 2.30. The van der Waals surface area contributed by atoms with Gasteiger partial charge in [-0.2, -0.15) is 5.26 Å². The second-order valence-electron chi connectivity index (χ2n) is 5.51. The number of halogens is 1. The lowest BCUT2D eigenvalue weighted by molar-refractivity contribution is 0.344. The smallest absolute Gasteiger partial charge is 0.0992 e. The van der Waals surface area contributed by atoms with Crippen molar-refractivity contribution >= 4 is 11.6 Å². The van der Waals surface area contributed by atoms with E-state index in [1.807, 2.05) is 12.1 Å². The Balaban J connectivity index is 1.95. The van der Waals surface area contributed by atoms with Crippen LogP contribution in [0.5, 0.6) is 0 Å². The second kappa shape index (κ2) is 6.41. The van der Waals surface area contributed by atoms with Crippen LogP contribution in [0.15, 0.2) is 18.2 Å². The highest BCUT2D eigenvalue weighted by Crippen LogP contribution is 2.34. The van der Waals surface area contributed by atoms with Crippen LogP contribution >= 0.6 is 11.6 Å². The molecule has 1 aliphatic carbocycles. The number of benzene rings is 1. The highest BCUT2D eigenvalue weighted by molar-refractivity contribution is 6.31. The topological polar surface area (TPSA) is 35.8 Å². The molecule has 0 saturated heterocycles. The molecule has 1 aliphatic rings. The van der Waals surface area contributed by atoms with E-state index in [0.717, 1.165) is 23.9 Å². The Kier molecular flexibility index (Phi) is 4.85. The summed E-state index contributed by atoms with van der Waals surface area (Å²) in [5, 5.41) is 13.1. The number of hydrogen-bond donors (Lipinski definition) is 1. The van der Waals surface area contributed by atoms with Crippen LogP contribution in [-0.4, -0.2) is 6.04 Å². The molecule has 0 heterocycles. The van der Waals surface area contributed by atoms with Gasteiger partial charge in [-0.25, -0.2) is 0 Å². The van der Waals surface area contributed by atoms with Crippen LogP contribution in [0.3, 0.4) is 0 Å². The van der Waals surface area contributed by atoms with Gasteiger partial charge in [-0.15, -0.1) is 0 Å². The largest absolute Gasteiger partial charge is 0.310 e. The molecule has 102 valence electrons. The van der Waals surface area contributed by atoms with E-state index in [1.54, 1.807) is 6.07 Å². The quantitative estimate of drug-likeness (QED) is 0.898. The Morgan fingerprint density at radius 1 is 1.42 bits per heavy atom. The highest BCUT2D eigenvalue weighted by atomic mass is 35.5. The average molecular weight is 277 g/mol. The number of hydrogen-bond acceptors (Lipinski definition) is 2. The van der Waals surface area contributed by atoms with Crippen LogP contribution in [0.4, 0.5) is 0 Å². The number of nitriles is 1. The Morgan fingerprint density at radius 3 is 2.79 bits per heavy atom. The SMILES string of the molecule is CCC1CCC(NCc2ccc(C#N)cc2Cl)C1C. The third-order valence-electron chi connectivity index (χ3n) is 4.49. The van der Waals surface area contributed by atoms with Crippen LogP contribution in [0.1, 0.15) is 44.2 Å². The summed E-state index contributed by atoms with van der Waals surface area (Å²) in [6.45, 7) is 5.41. The fourth-order valence-corrected chi connectivity index (χ4v) is 3.36. The molecule has 0 amide bonds. The molecule has 1 fully saturated rings. The van der Waals surface area contributed by atoms with Crippen molar-refractivity contribution in [2.24, 2.45) is 11.8 Å². The fourth-order valence-electron chi connectivity index (χ4n) is 3.11. The van der Waals surface area contributed by atoms with Crippen molar-refractivity contribution in [3.05, 3.63) is 34.3 Å². The van der Waals surface area contributed by atoms with Gasteiger partial charge < -0.3 is 5.32 Å². The van der Waals surface area contributed by atoms with Crippen molar-refractivity contribution in [3.8, 4) is 6.07 Å².